The summed E-state index contributed by atoms with van der Waals surface area (Å²) in [5, 5.41) is 4.61. The van der Waals surface area contributed by atoms with Gasteiger partial charge in [-0.1, -0.05) is 0 Å². The molecule has 2 fully saturated rings. The van der Waals surface area contributed by atoms with E-state index in [9.17, 15) is 22.8 Å². The van der Waals surface area contributed by atoms with E-state index in [4.69, 9.17) is 14.2 Å². The maximum Gasteiger partial charge on any atom is 0.408 e. The number of urea groups is 1. The van der Waals surface area contributed by atoms with Crippen molar-refractivity contribution < 1.29 is 37.0 Å². The second-order valence-corrected chi connectivity index (χ2v) is 9.97. The third-order valence-electron chi connectivity index (χ3n) is 6.60. The summed E-state index contributed by atoms with van der Waals surface area (Å²) in [6, 6.07) is 1.52. The van der Waals surface area contributed by atoms with Gasteiger partial charge < -0.3 is 24.4 Å². The highest BCUT2D eigenvalue weighted by molar-refractivity contribution is 6.05. The first kappa shape index (κ1) is 26.9. The Morgan fingerprint density at radius 1 is 1.28 bits per heavy atom. The summed E-state index contributed by atoms with van der Waals surface area (Å²) in [7, 11) is 0. The molecule has 0 saturated carbocycles. The Morgan fingerprint density at radius 3 is 2.79 bits per heavy atom. The molecule has 0 aliphatic carbocycles. The lowest BCUT2D eigenvalue weighted by atomic mass is 10.1. The second kappa shape index (κ2) is 10.1. The van der Waals surface area contributed by atoms with Crippen molar-refractivity contribution in [2.45, 2.75) is 57.3 Å². The average Bonchev–Trinajstić information content (AvgIpc) is 3.45. The average molecular weight is 552 g/mol. The number of carbonyl (C=O) groups excluding carboxylic acids is 2. The molecule has 2 N–H and O–H groups in total. The maximum atomic E-state index is 13.4. The Hall–Kier alpha value is -3.72. The van der Waals surface area contributed by atoms with E-state index in [0.29, 0.717) is 31.8 Å². The number of ether oxygens (including phenoxy) is 3. The van der Waals surface area contributed by atoms with Crippen molar-refractivity contribution in [3.63, 3.8) is 0 Å². The van der Waals surface area contributed by atoms with Crippen molar-refractivity contribution in [2.75, 3.05) is 41.4 Å². The summed E-state index contributed by atoms with van der Waals surface area (Å²) in [4.78, 5) is 41.8. The molecule has 0 radical (unpaired) electrons. The van der Waals surface area contributed by atoms with E-state index >= 15 is 0 Å². The number of anilines is 3. The van der Waals surface area contributed by atoms with Crippen LogP contribution in [0.3, 0.4) is 0 Å². The van der Waals surface area contributed by atoms with Crippen LogP contribution in [0, 0.1) is 0 Å². The summed E-state index contributed by atoms with van der Waals surface area (Å²) in [6.07, 6.45) is -2.99. The van der Waals surface area contributed by atoms with Gasteiger partial charge in [-0.05, 0) is 39.3 Å². The Morgan fingerprint density at radius 2 is 2.08 bits per heavy atom. The van der Waals surface area contributed by atoms with E-state index < -0.39 is 29.9 Å². The van der Waals surface area contributed by atoms with Gasteiger partial charge in [-0.3, -0.25) is 15.0 Å². The number of nitrogens with zero attached hydrogens (tertiary/aromatic N) is 5. The van der Waals surface area contributed by atoms with E-state index in [2.05, 4.69) is 20.3 Å². The molecule has 5 heterocycles. The van der Waals surface area contributed by atoms with Gasteiger partial charge in [-0.15, -0.1) is 0 Å². The number of alkyl halides is 3. The van der Waals surface area contributed by atoms with Crippen molar-refractivity contribution in [1.82, 2.24) is 20.3 Å². The van der Waals surface area contributed by atoms with Gasteiger partial charge in [0.15, 0.2) is 11.6 Å². The minimum atomic E-state index is -4.60. The van der Waals surface area contributed by atoms with Crippen LogP contribution in [0.1, 0.15) is 37.7 Å². The number of carbonyl (C=O) groups is 2. The summed E-state index contributed by atoms with van der Waals surface area (Å²) in [6.45, 7) is 6.23. The van der Waals surface area contributed by atoms with Crippen molar-refractivity contribution in [3.05, 3.63) is 30.2 Å². The molecule has 3 atom stereocenters. The number of aromatic nitrogens is 3. The lowest BCUT2D eigenvalue weighted by Gasteiger charge is -2.35. The number of hydrogen-bond acceptors (Lipinski definition) is 9. The lowest BCUT2D eigenvalue weighted by Crippen LogP contribution is -2.49. The molecular weight excluding hydrogens is 523 g/mol. The van der Waals surface area contributed by atoms with Crippen LogP contribution in [-0.4, -0.2) is 83.3 Å². The standard InChI is InChI=1S/C24H28F3N7O5/c1-13(24(25,26)27)30-21(35)16-4-5-17-20(31-16)34(14-6-7-33(17)9-14)22(36)32-18-8-19(29-12-28-18)37-10-15-11-38-23(2,3)39-15/h4-5,8,12-15H,6-7,9-11H2,1-3H3,(H,30,35)(H,28,29,32,36)/t13-,14+,15-/m1/s1. The predicted molar refractivity (Wildman–Crippen MR) is 132 cm³/mol. The van der Waals surface area contributed by atoms with E-state index in [1.54, 1.807) is 19.9 Å². The van der Waals surface area contributed by atoms with Gasteiger partial charge >= 0.3 is 12.2 Å². The fourth-order valence-electron chi connectivity index (χ4n) is 4.63. The fraction of sp³-hybridized carbons (Fsp3) is 0.542. The normalized spacial score (nSPS) is 22.3. The van der Waals surface area contributed by atoms with E-state index in [1.165, 1.54) is 23.4 Å². The third-order valence-corrected chi connectivity index (χ3v) is 6.60. The van der Waals surface area contributed by atoms with Gasteiger partial charge in [-0.2, -0.15) is 13.2 Å². The molecule has 15 heteroatoms. The number of hydrogen-bond donors (Lipinski definition) is 2. The summed E-state index contributed by atoms with van der Waals surface area (Å²) < 4.78 is 55.7. The van der Waals surface area contributed by atoms with Crippen LogP contribution >= 0.6 is 0 Å². The highest BCUT2D eigenvalue weighted by atomic mass is 19.4. The van der Waals surface area contributed by atoms with Crippen LogP contribution in [0.2, 0.25) is 0 Å². The molecule has 3 aliphatic heterocycles. The molecule has 0 unspecified atom stereocenters. The topological polar surface area (TPSA) is 131 Å². The number of fused-ring (bicyclic) bond motifs is 4. The molecule has 2 aromatic heterocycles. The molecule has 0 aromatic carbocycles. The van der Waals surface area contributed by atoms with Gasteiger partial charge in [0.2, 0.25) is 5.88 Å². The van der Waals surface area contributed by atoms with Gasteiger partial charge in [0, 0.05) is 19.2 Å². The summed E-state index contributed by atoms with van der Waals surface area (Å²) in [5.74, 6) is -1.11. The second-order valence-electron chi connectivity index (χ2n) is 9.97. The lowest BCUT2D eigenvalue weighted by molar-refractivity contribution is -0.149. The van der Waals surface area contributed by atoms with Crippen LogP contribution < -0.4 is 25.2 Å². The fourth-order valence-corrected chi connectivity index (χ4v) is 4.63. The Labute approximate surface area is 221 Å². The molecule has 0 spiro atoms. The Bertz CT molecular complexity index is 1260. The minimum Gasteiger partial charge on any atom is -0.475 e. The van der Waals surface area contributed by atoms with Crippen molar-refractivity contribution in [1.29, 1.82) is 0 Å². The molecular formula is C24H28F3N7O5. The van der Waals surface area contributed by atoms with E-state index in [-0.39, 0.29) is 42.0 Å². The zero-order valence-corrected chi connectivity index (χ0v) is 21.5. The number of nitrogens with one attached hydrogen (secondary N) is 2. The number of rotatable bonds is 6. The number of amides is 3. The van der Waals surface area contributed by atoms with Crippen LogP contribution in [-0.2, 0) is 9.47 Å². The maximum absolute atomic E-state index is 13.4. The number of halogens is 3. The molecule has 2 aromatic rings. The molecule has 3 aliphatic rings. The van der Waals surface area contributed by atoms with Crippen molar-refractivity contribution in [2.24, 2.45) is 0 Å². The first-order valence-electron chi connectivity index (χ1n) is 12.4. The first-order chi connectivity index (χ1) is 18.4. The van der Waals surface area contributed by atoms with Gasteiger partial charge in [0.1, 0.15) is 36.6 Å². The highest BCUT2D eigenvalue weighted by Gasteiger charge is 2.41. The van der Waals surface area contributed by atoms with Crippen LogP contribution in [0.15, 0.2) is 24.5 Å². The molecule has 39 heavy (non-hydrogen) atoms. The number of pyridine rings is 1. The predicted octanol–water partition coefficient (Wildman–Crippen LogP) is 2.71. The molecule has 5 rings (SSSR count). The van der Waals surface area contributed by atoms with Gasteiger partial charge in [-0.25, -0.2) is 19.7 Å². The zero-order valence-electron chi connectivity index (χ0n) is 21.5. The highest BCUT2D eigenvalue weighted by Crippen LogP contribution is 2.39. The zero-order chi connectivity index (χ0) is 27.9. The molecule has 12 nitrogen and oxygen atoms in total. The molecule has 2 saturated heterocycles. The third kappa shape index (κ3) is 5.83. The quantitative estimate of drug-likeness (QED) is 0.556. The molecule has 2 bridgehead atoms. The van der Waals surface area contributed by atoms with Gasteiger partial charge in [0.25, 0.3) is 5.91 Å². The largest absolute Gasteiger partial charge is 0.475 e. The van der Waals surface area contributed by atoms with Crippen molar-refractivity contribution in [3.8, 4) is 5.88 Å². The Balaban J connectivity index is 1.31. The molecule has 3 amide bonds. The van der Waals surface area contributed by atoms with Crippen LogP contribution in [0.5, 0.6) is 5.88 Å². The smallest absolute Gasteiger partial charge is 0.408 e. The SMILES string of the molecule is C[C@@H](NC(=O)c1ccc2c(n1)N(C(=O)Nc1cc(OC[C@@H]3COC(C)(C)O3)ncn1)[C@H]1CCN2C1)C(F)(F)F. The first-order valence-corrected chi connectivity index (χ1v) is 12.4. The van der Waals surface area contributed by atoms with Crippen LogP contribution in [0.4, 0.5) is 35.3 Å². The van der Waals surface area contributed by atoms with E-state index in [0.717, 1.165) is 6.92 Å². The minimum absolute atomic E-state index is 0.170. The Kier molecular flexibility index (Phi) is 6.97. The monoisotopic (exact) mass is 551 g/mol. The molecule has 210 valence electrons. The van der Waals surface area contributed by atoms with Gasteiger partial charge in [0.05, 0.1) is 18.3 Å². The van der Waals surface area contributed by atoms with Crippen molar-refractivity contribution >= 4 is 29.3 Å². The summed E-state index contributed by atoms with van der Waals surface area (Å²) >= 11 is 0. The van der Waals surface area contributed by atoms with Crippen LogP contribution in [0.25, 0.3) is 0 Å². The summed E-state index contributed by atoms with van der Waals surface area (Å²) in [5.41, 5.74) is 0.372. The van der Waals surface area contributed by atoms with E-state index in [1.807, 2.05) is 10.2 Å².